The summed E-state index contributed by atoms with van der Waals surface area (Å²) in [5.74, 6) is 0.638. The lowest BCUT2D eigenvalue weighted by Gasteiger charge is -2.33. The number of nitro groups is 1. The summed E-state index contributed by atoms with van der Waals surface area (Å²) in [6.45, 7) is 6.85. The molecule has 2 heterocycles. The van der Waals surface area contributed by atoms with Crippen molar-refractivity contribution < 1.29 is 4.92 Å². The number of piperidine rings is 1. The second-order valence-corrected chi connectivity index (χ2v) is 6.63. The van der Waals surface area contributed by atoms with E-state index in [0.29, 0.717) is 5.82 Å². The number of hydrogen-bond acceptors (Lipinski definition) is 6. The van der Waals surface area contributed by atoms with Gasteiger partial charge in [0.15, 0.2) is 0 Å². The Labute approximate surface area is 147 Å². The van der Waals surface area contributed by atoms with Crippen LogP contribution in [0.25, 0.3) is 0 Å². The Hall–Kier alpha value is -2.70. The molecule has 2 aromatic rings. The van der Waals surface area contributed by atoms with E-state index < -0.39 is 0 Å². The first kappa shape index (κ1) is 17.1. The van der Waals surface area contributed by atoms with E-state index in [1.165, 1.54) is 6.33 Å². The van der Waals surface area contributed by atoms with E-state index in [0.717, 1.165) is 42.6 Å². The number of hydrogen-bond donors (Lipinski definition) is 1. The first-order valence-electron chi connectivity index (χ1n) is 8.57. The number of nitrogens with one attached hydrogen (secondary N) is 1. The molecule has 1 fully saturated rings. The summed E-state index contributed by atoms with van der Waals surface area (Å²) in [4.78, 5) is 21.8. The predicted octanol–water partition coefficient (Wildman–Crippen LogP) is 4.12. The fourth-order valence-corrected chi connectivity index (χ4v) is 3.33. The van der Waals surface area contributed by atoms with Gasteiger partial charge >= 0.3 is 5.69 Å². The summed E-state index contributed by atoms with van der Waals surface area (Å²) >= 11 is 0. The predicted molar refractivity (Wildman–Crippen MR) is 98.5 cm³/mol. The van der Waals surface area contributed by atoms with E-state index >= 15 is 0 Å². The number of benzene rings is 1. The van der Waals surface area contributed by atoms with Crippen molar-refractivity contribution in [2.45, 2.75) is 46.1 Å². The first-order chi connectivity index (χ1) is 12.0. The summed E-state index contributed by atoms with van der Waals surface area (Å²) in [6.07, 6.45) is 4.58. The van der Waals surface area contributed by atoms with Gasteiger partial charge in [0, 0.05) is 18.3 Å². The van der Waals surface area contributed by atoms with Gasteiger partial charge in [-0.15, -0.1) is 0 Å². The van der Waals surface area contributed by atoms with E-state index in [9.17, 15) is 10.1 Å². The van der Waals surface area contributed by atoms with Crippen molar-refractivity contribution in [3.8, 4) is 0 Å². The minimum Gasteiger partial charge on any atom is -0.348 e. The Kier molecular flexibility index (Phi) is 4.83. The molecule has 1 aromatic carbocycles. The molecule has 1 atom stereocenters. The van der Waals surface area contributed by atoms with Crippen molar-refractivity contribution in [1.82, 2.24) is 9.97 Å². The maximum atomic E-state index is 11.8. The molecule has 0 radical (unpaired) electrons. The second kappa shape index (κ2) is 7.04. The van der Waals surface area contributed by atoms with Crippen LogP contribution in [0.15, 0.2) is 24.5 Å². The minimum atomic E-state index is -0.386. The van der Waals surface area contributed by atoms with Crippen LogP contribution in [0, 0.1) is 24.0 Å². The molecule has 0 saturated carbocycles. The van der Waals surface area contributed by atoms with Crippen LogP contribution < -0.4 is 10.2 Å². The van der Waals surface area contributed by atoms with Gasteiger partial charge in [-0.05, 0) is 51.7 Å². The van der Waals surface area contributed by atoms with Crippen LogP contribution >= 0.6 is 0 Å². The Morgan fingerprint density at radius 1 is 1.28 bits per heavy atom. The number of rotatable bonds is 4. The van der Waals surface area contributed by atoms with Crippen molar-refractivity contribution in [1.29, 1.82) is 0 Å². The summed E-state index contributed by atoms with van der Waals surface area (Å²) < 4.78 is 0. The molecule has 7 heteroatoms. The SMILES string of the molecule is Cc1ccc(Nc2ncnc(N3CCCCC3C)c2[N+](=O)[O-])c(C)c1. The van der Waals surface area contributed by atoms with E-state index in [1.54, 1.807) is 0 Å². The molecule has 1 aromatic heterocycles. The maximum absolute atomic E-state index is 11.8. The topological polar surface area (TPSA) is 84.2 Å². The van der Waals surface area contributed by atoms with Crippen molar-refractivity contribution in [3.63, 3.8) is 0 Å². The summed E-state index contributed by atoms with van der Waals surface area (Å²) in [5.41, 5.74) is 2.91. The zero-order valence-electron chi connectivity index (χ0n) is 14.8. The molecular weight excluding hydrogens is 318 g/mol. The Morgan fingerprint density at radius 2 is 2.08 bits per heavy atom. The lowest BCUT2D eigenvalue weighted by Crippen LogP contribution is -2.38. The van der Waals surface area contributed by atoms with E-state index in [-0.39, 0.29) is 22.5 Å². The fraction of sp³-hybridized carbons (Fsp3) is 0.444. The normalized spacial score (nSPS) is 17.4. The maximum Gasteiger partial charge on any atom is 0.353 e. The zero-order chi connectivity index (χ0) is 18.0. The standard InChI is InChI=1S/C18H23N5O2/c1-12-7-8-15(13(2)10-12)21-17-16(23(24)25)18(20-11-19-17)22-9-5-4-6-14(22)3/h7-8,10-11,14H,4-6,9H2,1-3H3,(H,19,20,21). The molecule has 1 N–H and O–H groups in total. The molecule has 3 rings (SSSR count). The van der Waals surface area contributed by atoms with E-state index in [4.69, 9.17) is 0 Å². The molecule has 0 bridgehead atoms. The van der Waals surface area contributed by atoms with Crippen LogP contribution in [-0.2, 0) is 0 Å². The molecule has 1 saturated heterocycles. The Bertz CT molecular complexity index is 793. The smallest absolute Gasteiger partial charge is 0.348 e. The van der Waals surface area contributed by atoms with Crippen molar-refractivity contribution in [2.75, 3.05) is 16.8 Å². The molecule has 1 aliphatic rings. The number of aryl methyl sites for hydroxylation is 2. The fourth-order valence-electron chi connectivity index (χ4n) is 3.33. The van der Waals surface area contributed by atoms with Gasteiger partial charge < -0.3 is 10.2 Å². The highest BCUT2D eigenvalue weighted by Gasteiger charge is 2.30. The van der Waals surface area contributed by atoms with Gasteiger partial charge in [-0.25, -0.2) is 9.97 Å². The van der Waals surface area contributed by atoms with Gasteiger partial charge in [0.1, 0.15) is 6.33 Å². The van der Waals surface area contributed by atoms with E-state index in [1.807, 2.05) is 36.9 Å². The molecule has 1 aliphatic heterocycles. The van der Waals surface area contributed by atoms with Crippen LogP contribution in [0.1, 0.15) is 37.3 Å². The Morgan fingerprint density at radius 3 is 2.76 bits per heavy atom. The quantitative estimate of drug-likeness (QED) is 0.665. The highest BCUT2D eigenvalue weighted by molar-refractivity contribution is 5.75. The number of nitrogens with zero attached hydrogens (tertiary/aromatic N) is 4. The summed E-state index contributed by atoms with van der Waals surface area (Å²) in [7, 11) is 0. The summed E-state index contributed by atoms with van der Waals surface area (Å²) in [5, 5.41) is 14.9. The molecule has 25 heavy (non-hydrogen) atoms. The number of anilines is 3. The average Bonchev–Trinajstić information content (AvgIpc) is 2.57. The van der Waals surface area contributed by atoms with Crippen LogP contribution in [-0.4, -0.2) is 27.5 Å². The van der Waals surface area contributed by atoms with Gasteiger partial charge in [-0.3, -0.25) is 10.1 Å². The highest BCUT2D eigenvalue weighted by atomic mass is 16.6. The molecule has 7 nitrogen and oxygen atoms in total. The van der Waals surface area contributed by atoms with Crippen LogP contribution in [0.3, 0.4) is 0 Å². The van der Waals surface area contributed by atoms with Gasteiger partial charge in [-0.2, -0.15) is 0 Å². The third kappa shape index (κ3) is 3.55. The molecular formula is C18H23N5O2. The van der Waals surface area contributed by atoms with Crippen molar-refractivity contribution >= 4 is 23.0 Å². The zero-order valence-corrected chi connectivity index (χ0v) is 14.8. The summed E-state index contributed by atoms with van der Waals surface area (Å²) in [6, 6.07) is 6.15. The molecule has 132 valence electrons. The van der Waals surface area contributed by atoms with Gasteiger partial charge in [0.05, 0.1) is 4.92 Å². The van der Waals surface area contributed by atoms with Crippen molar-refractivity contribution in [3.05, 3.63) is 45.8 Å². The largest absolute Gasteiger partial charge is 0.353 e. The second-order valence-electron chi connectivity index (χ2n) is 6.63. The van der Waals surface area contributed by atoms with Crippen LogP contribution in [0.4, 0.5) is 23.0 Å². The van der Waals surface area contributed by atoms with E-state index in [2.05, 4.69) is 22.2 Å². The monoisotopic (exact) mass is 341 g/mol. The average molecular weight is 341 g/mol. The molecule has 1 unspecified atom stereocenters. The van der Waals surface area contributed by atoms with Crippen LogP contribution in [0.2, 0.25) is 0 Å². The van der Waals surface area contributed by atoms with Gasteiger partial charge in [-0.1, -0.05) is 17.7 Å². The lowest BCUT2D eigenvalue weighted by atomic mass is 10.0. The highest BCUT2D eigenvalue weighted by Crippen LogP contribution is 2.36. The first-order valence-corrected chi connectivity index (χ1v) is 8.57. The van der Waals surface area contributed by atoms with Crippen molar-refractivity contribution in [2.24, 2.45) is 0 Å². The third-order valence-electron chi connectivity index (χ3n) is 4.70. The number of aromatic nitrogens is 2. The molecule has 0 spiro atoms. The molecule has 0 aliphatic carbocycles. The Balaban J connectivity index is 2.02. The minimum absolute atomic E-state index is 0.0591. The molecule has 0 amide bonds. The van der Waals surface area contributed by atoms with Crippen LogP contribution in [0.5, 0.6) is 0 Å². The van der Waals surface area contributed by atoms with Gasteiger partial charge in [0.2, 0.25) is 11.6 Å². The lowest BCUT2D eigenvalue weighted by molar-refractivity contribution is -0.383. The third-order valence-corrected chi connectivity index (χ3v) is 4.70. The van der Waals surface area contributed by atoms with Gasteiger partial charge in [0.25, 0.3) is 0 Å².